The van der Waals surface area contributed by atoms with E-state index in [1.54, 1.807) is 0 Å². The highest BCUT2D eigenvalue weighted by atomic mass is 16.5. The second-order valence-corrected chi connectivity index (χ2v) is 5.26. The Hall–Kier alpha value is -1.55. The topological polar surface area (TPSA) is 41.6 Å². The van der Waals surface area contributed by atoms with Gasteiger partial charge >= 0.3 is 0 Å². The Labute approximate surface area is 113 Å². The molecule has 19 heavy (non-hydrogen) atoms. The summed E-state index contributed by atoms with van der Waals surface area (Å²) in [5.41, 5.74) is 0.934. The summed E-state index contributed by atoms with van der Waals surface area (Å²) >= 11 is 0. The lowest BCUT2D eigenvalue weighted by molar-refractivity contribution is -0.119. The van der Waals surface area contributed by atoms with Gasteiger partial charge in [-0.2, -0.15) is 0 Å². The number of rotatable bonds is 2. The van der Waals surface area contributed by atoms with Crippen molar-refractivity contribution >= 4 is 11.6 Å². The highest BCUT2D eigenvalue weighted by Gasteiger charge is 2.26. The molecule has 3 rings (SSSR count). The van der Waals surface area contributed by atoms with Crippen molar-refractivity contribution in [3.8, 4) is 5.75 Å². The quantitative estimate of drug-likeness (QED) is 0.881. The van der Waals surface area contributed by atoms with Crippen molar-refractivity contribution in [3.63, 3.8) is 0 Å². The third kappa shape index (κ3) is 2.73. The van der Waals surface area contributed by atoms with E-state index in [-0.39, 0.29) is 5.91 Å². The summed E-state index contributed by atoms with van der Waals surface area (Å²) in [4.78, 5) is 14.2. The molecule has 0 unspecified atom stereocenters. The van der Waals surface area contributed by atoms with E-state index < -0.39 is 0 Å². The summed E-state index contributed by atoms with van der Waals surface area (Å²) in [6, 6.07) is 7.86. The Kier molecular flexibility index (Phi) is 3.69. The van der Waals surface area contributed by atoms with E-state index >= 15 is 0 Å². The van der Waals surface area contributed by atoms with Crippen molar-refractivity contribution in [1.82, 2.24) is 5.32 Å². The number of hydrogen-bond donors (Lipinski definition) is 1. The molecule has 102 valence electrons. The van der Waals surface area contributed by atoms with Crippen molar-refractivity contribution in [3.05, 3.63) is 24.3 Å². The Bertz CT molecular complexity index is 455. The van der Waals surface area contributed by atoms with Gasteiger partial charge in [-0.05, 0) is 44.0 Å². The molecule has 0 bridgehead atoms. The predicted octanol–water partition coefficient (Wildman–Crippen LogP) is 1.80. The molecule has 0 radical (unpaired) electrons. The van der Waals surface area contributed by atoms with Crippen molar-refractivity contribution in [2.75, 3.05) is 31.1 Å². The van der Waals surface area contributed by atoms with Gasteiger partial charge in [-0.25, -0.2) is 0 Å². The number of carbonyl (C=O) groups excluding carboxylic acids is 1. The SMILES string of the molecule is O=C1CCOc2ccccc2N1CC1CCNCC1. The number of hydrogen-bond acceptors (Lipinski definition) is 3. The van der Waals surface area contributed by atoms with E-state index in [2.05, 4.69) is 5.32 Å². The van der Waals surface area contributed by atoms with Crippen LogP contribution >= 0.6 is 0 Å². The molecule has 0 atom stereocenters. The summed E-state index contributed by atoms with van der Waals surface area (Å²) in [7, 11) is 0. The van der Waals surface area contributed by atoms with Gasteiger partial charge in [-0.1, -0.05) is 12.1 Å². The average Bonchev–Trinajstić information content (AvgIpc) is 2.61. The van der Waals surface area contributed by atoms with Gasteiger partial charge in [0.25, 0.3) is 0 Å². The van der Waals surface area contributed by atoms with Crippen LogP contribution in [0.25, 0.3) is 0 Å². The zero-order valence-electron chi connectivity index (χ0n) is 11.1. The zero-order valence-corrected chi connectivity index (χ0v) is 11.1. The molecule has 2 aliphatic heterocycles. The van der Waals surface area contributed by atoms with Gasteiger partial charge in [0.1, 0.15) is 5.75 Å². The summed E-state index contributed by atoms with van der Waals surface area (Å²) in [6.07, 6.45) is 2.76. The molecule has 0 aromatic heterocycles. The molecule has 0 aliphatic carbocycles. The fourth-order valence-electron chi connectivity index (χ4n) is 2.84. The molecule has 1 N–H and O–H groups in total. The van der Waals surface area contributed by atoms with Crippen molar-refractivity contribution in [2.45, 2.75) is 19.3 Å². The first-order valence-corrected chi connectivity index (χ1v) is 7.07. The maximum Gasteiger partial charge on any atom is 0.230 e. The number of para-hydroxylation sites is 2. The number of piperidine rings is 1. The lowest BCUT2D eigenvalue weighted by Gasteiger charge is -2.29. The normalized spacial score (nSPS) is 20.6. The van der Waals surface area contributed by atoms with Gasteiger partial charge in [-0.3, -0.25) is 4.79 Å². The van der Waals surface area contributed by atoms with Gasteiger partial charge in [0.15, 0.2) is 0 Å². The van der Waals surface area contributed by atoms with Gasteiger partial charge in [0.05, 0.1) is 18.7 Å². The maximum absolute atomic E-state index is 12.3. The van der Waals surface area contributed by atoms with Gasteiger partial charge < -0.3 is 15.0 Å². The van der Waals surface area contributed by atoms with Crippen LogP contribution in [0.2, 0.25) is 0 Å². The predicted molar refractivity (Wildman–Crippen MR) is 74.5 cm³/mol. The molecule has 2 heterocycles. The fraction of sp³-hybridized carbons (Fsp3) is 0.533. The molecular formula is C15H20N2O2. The van der Waals surface area contributed by atoms with E-state index in [9.17, 15) is 4.79 Å². The highest BCUT2D eigenvalue weighted by molar-refractivity contribution is 5.95. The van der Waals surface area contributed by atoms with Crippen molar-refractivity contribution in [1.29, 1.82) is 0 Å². The molecule has 0 saturated carbocycles. The summed E-state index contributed by atoms with van der Waals surface area (Å²) in [5, 5.41) is 3.37. The number of nitrogens with one attached hydrogen (secondary N) is 1. The Morgan fingerprint density at radius 1 is 1.26 bits per heavy atom. The van der Waals surface area contributed by atoms with E-state index in [1.165, 1.54) is 0 Å². The molecule has 1 aromatic rings. The lowest BCUT2D eigenvalue weighted by atomic mass is 9.97. The smallest absolute Gasteiger partial charge is 0.230 e. The summed E-state index contributed by atoms with van der Waals surface area (Å²) in [6.45, 7) is 3.43. The van der Waals surface area contributed by atoms with Crippen LogP contribution in [0, 0.1) is 5.92 Å². The molecule has 1 aromatic carbocycles. The third-order valence-electron chi connectivity index (χ3n) is 3.93. The molecule has 0 spiro atoms. The second kappa shape index (κ2) is 5.61. The van der Waals surface area contributed by atoms with E-state index in [0.717, 1.165) is 43.9 Å². The number of ether oxygens (including phenoxy) is 1. The Morgan fingerprint density at radius 3 is 2.89 bits per heavy atom. The largest absolute Gasteiger partial charge is 0.491 e. The highest BCUT2D eigenvalue weighted by Crippen LogP contribution is 2.32. The minimum absolute atomic E-state index is 0.184. The van der Waals surface area contributed by atoms with Gasteiger partial charge in [0.2, 0.25) is 5.91 Å². The van der Waals surface area contributed by atoms with Crippen LogP contribution < -0.4 is 15.0 Å². The standard InChI is InChI=1S/C15H20N2O2/c18-15-7-10-19-14-4-2-1-3-13(14)17(15)11-12-5-8-16-9-6-12/h1-4,12,16H,5-11H2. The van der Waals surface area contributed by atoms with Crippen molar-refractivity contribution in [2.24, 2.45) is 5.92 Å². The van der Waals surface area contributed by atoms with Crippen LogP contribution in [0.15, 0.2) is 24.3 Å². The first-order chi connectivity index (χ1) is 9.34. The van der Waals surface area contributed by atoms with Crippen LogP contribution in [-0.4, -0.2) is 32.1 Å². The first-order valence-electron chi connectivity index (χ1n) is 7.07. The van der Waals surface area contributed by atoms with Crippen molar-refractivity contribution < 1.29 is 9.53 Å². The fourth-order valence-corrected chi connectivity index (χ4v) is 2.84. The average molecular weight is 260 g/mol. The van der Waals surface area contributed by atoms with Crippen LogP contribution in [0.1, 0.15) is 19.3 Å². The van der Waals surface area contributed by atoms with E-state index in [1.807, 2.05) is 29.2 Å². The molecular weight excluding hydrogens is 240 g/mol. The number of carbonyl (C=O) groups is 1. The van der Waals surface area contributed by atoms with Gasteiger partial charge in [-0.15, -0.1) is 0 Å². The van der Waals surface area contributed by atoms with E-state index in [4.69, 9.17) is 4.74 Å². The minimum atomic E-state index is 0.184. The lowest BCUT2D eigenvalue weighted by Crippen LogP contribution is -2.39. The van der Waals surface area contributed by atoms with Crippen LogP contribution in [0.4, 0.5) is 5.69 Å². The monoisotopic (exact) mass is 260 g/mol. The van der Waals surface area contributed by atoms with Crippen LogP contribution in [-0.2, 0) is 4.79 Å². The number of anilines is 1. The third-order valence-corrected chi connectivity index (χ3v) is 3.93. The van der Waals surface area contributed by atoms with Crippen LogP contribution in [0.3, 0.4) is 0 Å². The Morgan fingerprint density at radius 2 is 2.05 bits per heavy atom. The molecule has 1 saturated heterocycles. The minimum Gasteiger partial charge on any atom is -0.491 e. The molecule has 4 nitrogen and oxygen atoms in total. The molecule has 2 aliphatic rings. The number of benzene rings is 1. The molecule has 4 heteroatoms. The van der Waals surface area contributed by atoms with Gasteiger partial charge in [0, 0.05) is 6.54 Å². The zero-order chi connectivity index (χ0) is 13.1. The maximum atomic E-state index is 12.3. The number of fused-ring (bicyclic) bond motifs is 1. The number of amides is 1. The van der Waals surface area contributed by atoms with Crippen LogP contribution in [0.5, 0.6) is 5.75 Å². The number of nitrogens with zero attached hydrogens (tertiary/aromatic N) is 1. The summed E-state index contributed by atoms with van der Waals surface area (Å²) < 4.78 is 5.66. The first kappa shape index (κ1) is 12.5. The molecule has 1 fully saturated rings. The molecule has 1 amide bonds. The van der Waals surface area contributed by atoms with E-state index in [0.29, 0.717) is 18.9 Å². The Balaban J connectivity index is 1.82. The summed E-state index contributed by atoms with van der Waals surface area (Å²) in [5.74, 6) is 1.61. The second-order valence-electron chi connectivity index (χ2n) is 5.26.